The van der Waals surface area contributed by atoms with Crippen molar-refractivity contribution in [2.75, 3.05) is 7.05 Å². The molecule has 2 heterocycles. The summed E-state index contributed by atoms with van der Waals surface area (Å²) in [6.07, 6.45) is 5.76. The fourth-order valence-electron chi connectivity index (χ4n) is 3.53. The number of hydrogen-bond acceptors (Lipinski definition) is 4. The molecule has 1 fully saturated rings. The van der Waals surface area contributed by atoms with E-state index >= 15 is 0 Å². The molecule has 0 spiro atoms. The number of aryl methyl sites for hydroxylation is 3. The van der Waals surface area contributed by atoms with Crippen molar-refractivity contribution in [3.8, 4) is 0 Å². The van der Waals surface area contributed by atoms with Crippen LogP contribution in [0.3, 0.4) is 0 Å². The Labute approximate surface area is 146 Å². The lowest BCUT2D eigenvalue weighted by atomic mass is 9.94. The highest BCUT2D eigenvalue weighted by Crippen LogP contribution is 2.26. The van der Waals surface area contributed by atoms with Gasteiger partial charge in [0.2, 0.25) is 5.91 Å². The number of rotatable bonds is 3. The van der Waals surface area contributed by atoms with Gasteiger partial charge in [0.15, 0.2) is 0 Å². The third-order valence-electron chi connectivity index (χ3n) is 5.29. The molecule has 0 aliphatic heterocycles. The van der Waals surface area contributed by atoms with E-state index in [9.17, 15) is 9.59 Å². The lowest BCUT2D eigenvalue weighted by Crippen LogP contribution is -2.42. The van der Waals surface area contributed by atoms with E-state index in [1.807, 2.05) is 25.8 Å². The van der Waals surface area contributed by atoms with E-state index in [4.69, 9.17) is 0 Å². The standard InChI is InChI=1S/C18H25N3O2S/c1-11-12(2)24-17-16(11)18(23)21(13(3)19-17)10-15(22)20(4)14-8-6-5-7-9-14/h14H,5-10H2,1-4H3. The molecule has 1 aliphatic rings. The first-order valence-electron chi connectivity index (χ1n) is 8.63. The van der Waals surface area contributed by atoms with Gasteiger partial charge in [-0.3, -0.25) is 14.2 Å². The highest BCUT2D eigenvalue weighted by molar-refractivity contribution is 7.18. The fraction of sp³-hybridized carbons (Fsp3) is 0.611. The van der Waals surface area contributed by atoms with Crippen molar-refractivity contribution in [1.29, 1.82) is 0 Å². The van der Waals surface area contributed by atoms with E-state index in [0.717, 1.165) is 28.1 Å². The molecule has 0 atom stereocenters. The van der Waals surface area contributed by atoms with Crippen LogP contribution in [0.1, 0.15) is 48.4 Å². The van der Waals surface area contributed by atoms with Gasteiger partial charge in [-0.2, -0.15) is 0 Å². The Hall–Kier alpha value is -1.69. The van der Waals surface area contributed by atoms with Gasteiger partial charge in [-0.15, -0.1) is 11.3 Å². The Balaban J connectivity index is 1.90. The highest BCUT2D eigenvalue weighted by Gasteiger charge is 2.23. The molecule has 6 heteroatoms. The molecule has 1 amide bonds. The molecule has 0 aromatic carbocycles. The van der Waals surface area contributed by atoms with Crippen molar-refractivity contribution in [3.63, 3.8) is 0 Å². The summed E-state index contributed by atoms with van der Waals surface area (Å²) in [5.41, 5.74) is 0.888. The topological polar surface area (TPSA) is 55.2 Å². The number of carbonyl (C=O) groups excluding carboxylic acids is 1. The van der Waals surface area contributed by atoms with E-state index in [1.54, 1.807) is 18.3 Å². The third-order valence-corrected chi connectivity index (χ3v) is 6.39. The molecule has 0 N–H and O–H groups in total. The molecule has 0 saturated heterocycles. The average Bonchev–Trinajstić information content (AvgIpc) is 2.85. The van der Waals surface area contributed by atoms with Gasteiger partial charge in [0.1, 0.15) is 17.2 Å². The number of hydrogen-bond donors (Lipinski definition) is 0. The number of likely N-dealkylation sites (N-methyl/N-ethyl adjacent to an activating group) is 1. The fourth-order valence-corrected chi connectivity index (χ4v) is 4.60. The molecule has 24 heavy (non-hydrogen) atoms. The lowest BCUT2D eigenvalue weighted by Gasteiger charge is -2.31. The Morgan fingerprint density at radius 1 is 1.25 bits per heavy atom. The van der Waals surface area contributed by atoms with Crippen LogP contribution < -0.4 is 5.56 Å². The minimum absolute atomic E-state index is 0.00199. The van der Waals surface area contributed by atoms with Crippen LogP contribution in [0.15, 0.2) is 4.79 Å². The number of amides is 1. The molecule has 0 unspecified atom stereocenters. The van der Waals surface area contributed by atoms with Crippen LogP contribution in [0.4, 0.5) is 0 Å². The minimum Gasteiger partial charge on any atom is -0.341 e. The number of aromatic nitrogens is 2. The van der Waals surface area contributed by atoms with Gasteiger partial charge in [0.25, 0.3) is 5.56 Å². The van der Waals surface area contributed by atoms with Crippen molar-refractivity contribution >= 4 is 27.5 Å². The van der Waals surface area contributed by atoms with Crippen molar-refractivity contribution in [1.82, 2.24) is 14.5 Å². The largest absolute Gasteiger partial charge is 0.341 e. The molecular weight excluding hydrogens is 322 g/mol. The van der Waals surface area contributed by atoms with Crippen LogP contribution in [0.25, 0.3) is 10.2 Å². The molecule has 0 radical (unpaired) electrons. The number of thiophene rings is 1. The third kappa shape index (κ3) is 2.99. The molecule has 3 rings (SSSR count). The van der Waals surface area contributed by atoms with Crippen LogP contribution >= 0.6 is 11.3 Å². The maximum atomic E-state index is 12.9. The molecule has 130 valence electrons. The monoisotopic (exact) mass is 347 g/mol. The zero-order valence-corrected chi connectivity index (χ0v) is 15.7. The zero-order chi connectivity index (χ0) is 17.4. The van der Waals surface area contributed by atoms with E-state index in [0.29, 0.717) is 17.3 Å². The predicted molar refractivity (Wildman–Crippen MR) is 97.7 cm³/mol. The van der Waals surface area contributed by atoms with E-state index in [2.05, 4.69) is 4.98 Å². The zero-order valence-electron chi connectivity index (χ0n) is 14.9. The number of nitrogens with zero attached hydrogens (tertiary/aromatic N) is 3. The summed E-state index contributed by atoms with van der Waals surface area (Å²) in [5, 5.41) is 0.663. The van der Waals surface area contributed by atoms with Crippen LogP contribution in [0.5, 0.6) is 0 Å². The summed E-state index contributed by atoms with van der Waals surface area (Å²) < 4.78 is 1.53. The second-order valence-corrected chi connectivity index (χ2v) is 8.01. The second kappa shape index (κ2) is 6.67. The van der Waals surface area contributed by atoms with Gasteiger partial charge >= 0.3 is 0 Å². The van der Waals surface area contributed by atoms with Crippen molar-refractivity contribution in [3.05, 3.63) is 26.6 Å². The normalized spacial score (nSPS) is 15.8. The average molecular weight is 347 g/mol. The van der Waals surface area contributed by atoms with Crippen molar-refractivity contribution < 1.29 is 4.79 Å². The highest BCUT2D eigenvalue weighted by atomic mass is 32.1. The molecule has 1 aliphatic carbocycles. The van der Waals surface area contributed by atoms with E-state index in [-0.39, 0.29) is 18.0 Å². The van der Waals surface area contributed by atoms with Crippen LogP contribution in [-0.2, 0) is 11.3 Å². The van der Waals surface area contributed by atoms with Crippen LogP contribution in [0.2, 0.25) is 0 Å². The van der Waals surface area contributed by atoms with Crippen LogP contribution in [0, 0.1) is 20.8 Å². The molecular formula is C18H25N3O2S. The van der Waals surface area contributed by atoms with Gasteiger partial charge in [-0.1, -0.05) is 19.3 Å². The first-order valence-corrected chi connectivity index (χ1v) is 9.44. The maximum absolute atomic E-state index is 12.9. The Morgan fingerprint density at radius 2 is 1.92 bits per heavy atom. The number of carbonyl (C=O) groups is 1. The molecule has 2 aromatic rings. The van der Waals surface area contributed by atoms with E-state index in [1.165, 1.54) is 23.8 Å². The van der Waals surface area contributed by atoms with Crippen LogP contribution in [-0.4, -0.2) is 33.4 Å². The Kier molecular flexibility index (Phi) is 4.76. The van der Waals surface area contributed by atoms with Crippen molar-refractivity contribution in [2.24, 2.45) is 0 Å². The van der Waals surface area contributed by atoms with E-state index < -0.39 is 0 Å². The molecule has 0 bridgehead atoms. The Bertz CT molecular complexity index is 831. The van der Waals surface area contributed by atoms with Gasteiger partial charge in [0, 0.05) is 18.0 Å². The first kappa shape index (κ1) is 17.1. The quantitative estimate of drug-likeness (QED) is 0.857. The summed E-state index contributed by atoms with van der Waals surface area (Å²) in [6.45, 7) is 5.84. The summed E-state index contributed by atoms with van der Waals surface area (Å²) in [6, 6.07) is 0.309. The van der Waals surface area contributed by atoms with Gasteiger partial charge < -0.3 is 4.90 Å². The van der Waals surface area contributed by atoms with Gasteiger partial charge in [-0.05, 0) is 39.2 Å². The maximum Gasteiger partial charge on any atom is 0.263 e. The Morgan fingerprint density at radius 3 is 2.58 bits per heavy atom. The summed E-state index contributed by atoms with van der Waals surface area (Å²) in [7, 11) is 1.87. The smallest absolute Gasteiger partial charge is 0.263 e. The number of fused-ring (bicyclic) bond motifs is 1. The summed E-state index contributed by atoms with van der Waals surface area (Å²) >= 11 is 1.54. The lowest BCUT2D eigenvalue weighted by molar-refractivity contribution is -0.133. The molecule has 2 aromatic heterocycles. The van der Waals surface area contributed by atoms with Gasteiger partial charge in [0.05, 0.1) is 5.39 Å². The second-order valence-electron chi connectivity index (χ2n) is 6.81. The minimum atomic E-state index is -0.0928. The first-order chi connectivity index (χ1) is 11.4. The summed E-state index contributed by atoms with van der Waals surface area (Å²) in [4.78, 5) is 33.8. The SMILES string of the molecule is Cc1sc2nc(C)n(CC(=O)N(C)C3CCCCC3)c(=O)c2c1C. The molecule has 1 saturated carbocycles. The van der Waals surface area contributed by atoms with Crippen molar-refractivity contribution in [2.45, 2.75) is 65.5 Å². The summed E-state index contributed by atoms with van der Waals surface area (Å²) in [5.74, 6) is 0.608. The predicted octanol–water partition coefficient (Wildman–Crippen LogP) is 3.17. The molecule has 5 nitrogen and oxygen atoms in total. The van der Waals surface area contributed by atoms with Gasteiger partial charge in [-0.25, -0.2) is 4.98 Å².